The maximum atomic E-state index is 14.4. The first-order valence-corrected chi connectivity index (χ1v) is 8.89. The zero-order valence-corrected chi connectivity index (χ0v) is 15.1. The van der Waals surface area contributed by atoms with Gasteiger partial charge in [0.1, 0.15) is 5.75 Å². The van der Waals surface area contributed by atoms with Gasteiger partial charge in [-0.15, -0.1) is 0 Å². The summed E-state index contributed by atoms with van der Waals surface area (Å²) in [5.74, 6) is 6.12. The molecule has 1 atom stereocenters. The number of anilines is 1. The molecule has 1 unspecified atom stereocenters. The van der Waals surface area contributed by atoms with Crippen LogP contribution in [0.15, 0.2) is 42.7 Å². The molecule has 1 aliphatic heterocycles. The van der Waals surface area contributed by atoms with E-state index >= 15 is 0 Å². The summed E-state index contributed by atoms with van der Waals surface area (Å²) in [5.41, 5.74) is 0.709. The van der Waals surface area contributed by atoms with Gasteiger partial charge in [0, 0.05) is 37.0 Å². The number of hydrogen-bond donors (Lipinski definition) is 0. The summed E-state index contributed by atoms with van der Waals surface area (Å²) in [7, 11) is 0. The molecule has 1 fully saturated rings. The highest BCUT2D eigenvalue weighted by molar-refractivity contribution is 5.94. The van der Waals surface area contributed by atoms with Crippen molar-refractivity contribution >= 4 is 11.9 Å². The lowest BCUT2D eigenvalue weighted by atomic mass is 10.2. The van der Waals surface area contributed by atoms with E-state index in [0.717, 1.165) is 12.2 Å². The molecule has 1 saturated heterocycles. The zero-order valence-electron chi connectivity index (χ0n) is 15.1. The van der Waals surface area contributed by atoms with E-state index in [1.165, 1.54) is 9.80 Å². The molecule has 2 aromatic rings. The Labute approximate surface area is 158 Å². The molecule has 7 heteroatoms. The molecule has 6 nitrogen and oxygen atoms in total. The first-order valence-electron chi connectivity index (χ1n) is 8.89. The van der Waals surface area contributed by atoms with E-state index < -0.39 is 12.2 Å². The number of nitrogens with zero attached hydrogens (tertiary/aromatic N) is 4. The summed E-state index contributed by atoms with van der Waals surface area (Å²) >= 11 is 0. The minimum atomic E-state index is -1.36. The van der Waals surface area contributed by atoms with Gasteiger partial charge in [-0.2, -0.15) is 0 Å². The van der Waals surface area contributed by atoms with Crippen LogP contribution in [0.2, 0.25) is 0 Å². The maximum Gasteiger partial charge on any atom is 0.299 e. The first-order chi connectivity index (χ1) is 13.2. The molecule has 0 N–H and O–H groups in total. The summed E-state index contributed by atoms with van der Waals surface area (Å²) in [6.07, 6.45) is 2.71. The SMILES string of the molecule is CCCOc1ccc(C#CC(=O)N2CCN(c3ncccn3)C(F)C2)cc1. The molecule has 2 heterocycles. The van der Waals surface area contributed by atoms with Gasteiger partial charge in [0.15, 0.2) is 6.30 Å². The van der Waals surface area contributed by atoms with E-state index in [2.05, 4.69) is 21.8 Å². The molecular formula is C20H21FN4O2. The van der Waals surface area contributed by atoms with Crippen molar-refractivity contribution in [2.75, 3.05) is 31.1 Å². The van der Waals surface area contributed by atoms with Gasteiger partial charge in [-0.05, 0) is 36.8 Å². The average Bonchev–Trinajstić information content (AvgIpc) is 2.71. The molecule has 0 bridgehead atoms. The van der Waals surface area contributed by atoms with Gasteiger partial charge in [-0.25, -0.2) is 14.4 Å². The normalized spacial score (nSPS) is 16.4. The Morgan fingerprint density at radius 2 is 2.00 bits per heavy atom. The second-order valence-corrected chi connectivity index (χ2v) is 6.05. The fraction of sp³-hybridized carbons (Fsp3) is 0.350. The van der Waals surface area contributed by atoms with Crippen LogP contribution in [0.1, 0.15) is 18.9 Å². The topological polar surface area (TPSA) is 58.6 Å². The van der Waals surface area contributed by atoms with Gasteiger partial charge in [-0.1, -0.05) is 12.8 Å². The number of amides is 1. The smallest absolute Gasteiger partial charge is 0.299 e. The van der Waals surface area contributed by atoms with Crippen LogP contribution < -0.4 is 9.64 Å². The monoisotopic (exact) mass is 368 g/mol. The molecule has 27 heavy (non-hydrogen) atoms. The molecule has 0 aliphatic carbocycles. The van der Waals surface area contributed by atoms with E-state index in [-0.39, 0.29) is 6.54 Å². The lowest BCUT2D eigenvalue weighted by Crippen LogP contribution is -2.53. The van der Waals surface area contributed by atoms with Crippen molar-refractivity contribution in [3.8, 4) is 17.6 Å². The van der Waals surface area contributed by atoms with Crippen molar-refractivity contribution in [1.82, 2.24) is 14.9 Å². The van der Waals surface area contributed by atoms with Crippen LogP contribution in [0, 0.1) is 11.8 Å². The number of ether oxygens (including phenoxy) is 1. The number of halogens is 1. The summed E-state index contributed by atoms with van der Waals surface area (Å²) in [6.45, 7) is 3.33. The Kier molecular flexibility index (Phi) is 6.21. The molecule has 0 saturated carbocycles. The van der Waals surface area contributed by atoms with Crippen LogP contribution in [0.25, 0.3) is 0 Å². The number of carbonyl (C=O) groups is 1. The molecule has 1 aromatic heterocycles. The number of alkyl halides is 1. The number of benzene rings is 1. The quantitative estimate of drug-likeness (QED) is 0.612. The van der Waals surface area contributed by atoms with Crippen molar-refractivity contribution < 1.29 is 13.9 Å². The fourth-order valence-electron chi connectivity index (χ4n) is 2.65. The van der Waals surface area contributed by atoms with Crippen molar-refractivity contribution in [3.63, 3.8) is 0 Å². The minimum Gasteiger partial charge on any atom is -0.494 e. The third kappa shape index (κ3) is 4.94. The Hall–Kier alpha value is -3.14. The summed E-state index contributed by atoms with van der Waals surface area (Å²) in [4.78, 5) is 23.3. The molecule has 1 aliphatic rings. The highest BCUT2D eigenvalue weighted by atomic mass is 19.1. The first kappa shape index (κ1) is 18.6. The van der Waals surface area contributed by atoms with Crippen molar-refractivity contribution in [1.29, 1.82) is 0 Å². The summed E-state index contributed by atoms with van der Waals surface area (Å²) in [6, 6.07) is 8.91. The Balaban J connectivity index is 1.57. The Morgan fingerprint density at radius 3 is 2.67 bits per heavy atom. The van der Waals surface area contributed by atoms with Crippen LogP contribution in [0.4, 0.5) is 10.3 Å². The largest absolute Gasteiger partial charge is 0.494 e. The number of aromatic nitrogens is 2. The highest BCUT2D eigenvalue weighted by Gasteiger charge is 2.30. The van der Waals surface area contributed by atoms with Gasteiger partial charge < -0.3 is 14.5 Å². The zero-order chi connectivity index (χ0) is 19.1. The second kappa shape index (κ2) is 8.99. The predicted octanol–water partition coefficient (Wildman–Crippen LogP) is 2.26. The third-order valence-electron chi connectivity index (χ3n) is 4.06. The van der Waals surface area contributed by atoms with Gasteiger partial charge in [-0.3, -0.25) is 4.79 Å². The van der Waals surface area contributed by atoms with Crippen LogP contribution in [0.5, 0.6) is 5.75 Å². The molecule has 1 amide bonds. The van der Waals surface area contributed by atoms with Crippen molar-refractivity contribution in [3.05, 3.63) is 48.3 Å². The Morgan fingerprint density at radius 1 is 1.26 bits per heavy atom. The number of rotatable bonds is 4. The number of hydrogen-bond acceptors (Lipinski definition) is 5. The lowest BCUT2D eigenvalue weighted by molar-refractivity contribution is -0.126. The highest BCUT2D eigenvalue weighted by Crippen LogP contribution is 2.17. The number of carbonyl (C=O) groups excluding carboxylic acids is 1. The maximum absolute atomic E-state index is 14.4. The Bertz CT molecular complexity index is 817. The molecule has 0 radical (unpaired) electrons. The lowest BCUT2D eigenvalue weighted by Gasteiger charge is -2.36. The van der Waals surface area contributed by atoms with Crippen LogP contribution in [-0.4, -0.2) is 53.3 Å². The van der Waals surface area contributed by atoms with Gasteiger partial charge in [0.05, 0.1) is 13.2 Å². The molecular weight excluding hydrogens is 347 g/mol. The van der Waals surface area contributed by atoms with E-state index in [0.29, 0.717) is 31.2 Å². The van der Waals surface area contributed by atoms with E-state index in [1.54, 1.807) is 30.6 Å². The van der Waals surface area contributed by atoms with Gasteiger partial charge in [0.2, 0.25) is 5.95 Å². The van der Waals surface area contributed by atoms with Gasteiger partial charge in [0.25, 0.3) is 5.91 Å². The summed E-state index contributed by atoms with van der Waals surface area (Å²) < 4.78 is 20.0. The average molecular weight is 368 g/mol. The van der Waals surface area contributed by atoms with Crippen LogP contribution in [-0.2, 0) is 4.79 Å². The third-order valence-corrected chi connectivity index (χ3v) is 4.06. The molecule has 0 spiro atoms. The summed E-state index contributed by atoms with van der Waals surface area (Å²) in [5, 5.41) is 0. The van der Waals surface area contributed by atoms with E-state index in [9.17, 15) is 9.18 Å². The fourth-order valence-corrected chi connectivity index (χ4v) is 2.65. The number of piperazine rings is 1. The molecule has 3 rings (SSSR count). The minimum absolute atomic E-state index is 0.0600. The van der Waals surface area contributed by atoms with Crippen molar-refractivity contribution in [2.45, 2.75) is 19.6 Å². The molecule has 1 aromatic carbocycles. The van der Waals surface area contributed by atoms with E-state index in [4.69, 9.17) is 4.74 Å². The van der Waals surface area contributed by atoms with Crippen LogP contribution in [0.3, 0.4) is 0 Å². The van der Waals surface area contributed by atoms with Crippen LogP contribution >= 0.6 is 0 Å². The van der Waals surface area contributed by atoms with Crippen molar-refractivity contribution in [2.24, 2.45) is 0 Å². The molecule has 140 valence electrons. The second-order valence-electron chi connectivity index (χ2n) is 6.05. The van der Waals surface area contributed by atoms with Gasteiger partial charge >= 0.3 is 0 Å². The predicted molar refractivity (Wildman–Crippen MR) is 100.0 cm³/mol. The standard InChI is InChI=1S/C20H21FN4O2/c1-2-14-27-17-7-4-16(5-8-17)6-9-19(26)24-12-13-25(18(21)15-24)20-22-10-3-11-23-20/h3-5,7-8,10-11,18H,2,12-15H2,1H3. The van der Waals surface area contributed by atoms with E-state index in [1.807, 2.05) is 19.1 Å².